The highest BCUT2D eigenvalue weighted by Crippen LogP contribution is 2.26. The molecule has 1 fully saturated rings. The fourth-order valence-electron chi connectivity index (χ4n) is 2.34. The Bertz CT molecular complexity index is 560. The van der Waals surface area contributed by atoms with Crippen molar-refractivity contribution < 1.29 is 9.84 Å². The molecule has 2 aromatic rings. The van der Waals surface area contributed by atoms with Crippen LogP contribution >= 0.6 is 24.8 Å². The van der Waals surface area contributed by atoms with E-state index in [-0.39, 0.29) is 30.6 Å². The summed E-state index contributed by atoms with van der Waals surface area (Å²) >= 11 is 0. The number of ether oxygens (including phenoxy) is 1. The molecule has 1 saturated heterocycles. The lowest BCUT2D eigenvalue weighted by atomic mass is 10.1. The van der Waals surface area contributed by atoms with Crippen LogP contribution in [-0.4, -0.2) is 41.3 Å². The molecule has 1 aliphatic heterocycles. The second-order valence-corrected chi connectivity index (χ2v) is 4.53. The lowest BCUT2D eigenvalue weighted by Crippen LogP contribution is -2.35. The quantitative estimate of drug-likeness (QED) is 0.925. The molecular weight excluding hydrogens is 299 g/mol. The largest absolute Gasteiger partial charge is 0.506 e. The Labute approximate surface area is 130 Å². The minimum Gasteiger partial charge on any atom is -0.506 e. The van der Waals surface area contributed by atoms with Crippen LogP contribution < -0.4 is 0 Å². The maximum absolute atomic E-state index is 10.0. The van der Waals surface area contributed by atoms with Crippen LogP contribution in [0.1, 0.15) is 5.56 Å². The van der Waals surface area contributed by atoms with Crippen LogP contribution in [-0.2, 0) is 11.3 Å². The molecule has 0 aliphatic carbocycles. The first kappa shape index (κ1) is 17.0. The molecule has 0 bridgehead atoms. The number of pyridine rings is 1. The SMILES string of the molecule is Cl.Cl.Oc1cnc2ccccc2c1CN1CCOCC1. The fourth-order valence-corrected chi connectivity index (χ4v) is 2.34. The van der Waals surface area contributed by atoms with Crippen molar-refractivity contribution in [3.8, 4) is 5.75 Å². The second-order valence-electron chi connectivity index (χ2n) is 4.53. The van der Waals surface area contributed by atoms with Gasteiger partial charge in [0.15, 0.2) is 0 Å². The molecule has 0 unspecified atom stereocenters. The smallest absolute Gasteiger partial charge is 0.139 e. The highest BCUT2D eigenvalue weighted by atomic mass is 35.5. The Hall–Kier alpha value is -1.07. The third kappa shape index (κ3) is 3.52. The molecule has 0 radical (unpaired) electrons. The van der Waals surface area contributed by atoms with Gasteiger partial charge in [-0.05, 0) is 6.07 Å². The Balaban J connectivity index is 0.000001000. The third-order valence-corrected chi connectivity index (χ3v) is 3.35. The van der Waals surface area contributed by atoms with E-state index in [1.165, 1.54) is 6.20 Å². The maximum atomic E-state index is 10.0. The molecule has 0 spiro atoms. The van der Waals surface area contributed by atoms with Crippen molar-refractivity contribution in [2.75, 3.05) is 26.3 Å². The van der Waals surface area contributed by atoms with Gasteiger partial charge in [-0.1, -0.05) is 18.2 Å². The molecule has 2 heterocycles. The van der Waals surface area contributed by atoms with E-state index in [0.29, 0.717) is 0 Å². The number of morpholine rings is 1. The van der Waals surface area contributed by atoms with Gasteiger partial charge in [-0.2, -0.15) is 0 Å². The Morgan fingerprint density at radius 3 is 2.60 bits per heavy atom. The number of fused-ring (bicyclic) bond motifs is 1. The van der Waals surface area contributed by atoms with Gasteiger partial charge in [-0.15, -0.1) is 24.8 Å². The van der Waals surface area contributed by atoms with Gasteiger partial charge in [-0.25, -0.2) is 0 Å². The van der Waals surface area contributed by atoms with Gasteiger partial charge in [0.2, 0.25) is 0 Å². The van der Waals surface area contributed by atoms with Crippen molar-refractivity contribution in [3.05, 3.63) is 36.0 Å². The van der Waals surface area contributed by atoms with E-state index in [4.69, 9.17) is 4.74 Å². The number of hydrogen-bond donors (Lipinski definition) is 1. The van der Waals surface area contributed by atoms with Crippen LogP contribution in [0.2, 0.25) is 0 Å². The van der Waals surface area contributed by atoms with Crippen molar-refractivity contribution in [3.63, 3.8) is 0 Å². The third-order valence-electron chi connectivity index (χ3n) is 3.35. The molecule has 6 heteroatoms. The van der Waals surface area contributed by atoms with E-state index in [1.807, 2.05) is 24.3 Å². The summed E-state index contributed by atoms with van der Waals surface area (Å²) in [6, 6.07) is 7.92. The molecule has 1 N–H and O–H groups in total. The molecule has 110 valence electrons. The van der Waals surface area contributed by atoms with E-state index in [1.54, 1.807) is 0 Å². The molecule has 1 aromatic carbocycles. The Morgan fingerprint density at radius 2 is 1.85 bits per heavy atom. The summed E-state index contributed by atoms with van der Waals surface area (Å²) in [7, 11) is 0. The summed E-state index contributed by atoms with van der Waals surface area (Å²) in [6.45, 7) is 4.11. The van der Waals surface area contributed by atoms with Gasteiger partial charge in [0, 0.05) is 30.6 Å². The fraction of sp³-hybridized carbons (Fsp3) is 0.357. The molecule has 20 heavy (non-hydrogen) atoms. The molecule has 0 atom stereocenters. The summed E-state index contributed by atoms with van der Waals surface area (Å²) in [5.41, 5.74) is 1.89. The number of para-hydroxylation sites is 1. The van der Waals surface area contributed by atoms with Crippen LogP contribution in [0.3, 0.4) is 0 Å². The van der Waals surface area contributed by atoms with E-state index >= 15 is 0 Å². The number of nitrogens with zero attached hydrogens (tertiary/aromatic N) is 2. The predicted octanol–water partition coefficient (Wildman–Crippen LogP) is 2.62. The van der Waals surface area contributed by atoms with Crippen LogP contribution in [0.15, 0.2) is 30.5 Å². The van der Waals surface area contributed by atoms with E-state index < -0.39 is 0 Å². The molecular formula is C14H18Cl2N2O2. The average Bonchev–Trinajstić information content (AvgIpc) is 2.43. The van der Waals surface area contributed by atoms with Gasteiger partial charge >= 0.3 is 0 Å². The van der Waals surface area contributed by atoms with Crippen LogP contribution in [0.5, 0.6) is 5.75 Å². The van der Waals surface area contributed by atoms with Crippen LogP contribution in [0, 0.1) is 0 Å². The Kier molecular flexibility index (Phi) is 6.49. The van der Waals surface area contributed by atoms with E-state index in [2.05, 4.69) is 9.88 Å². The zero-order valence-corrected chi connectivity index (χ0v) is 12.6. The van der Waals surface area contributed by atoms with E-state index in [9.17, 15) is 5.11 Å². The summed E-state index contributed by atoms with van der Waals surface area (Å²) in [4.78, 5) is 6.54. The first-order valence-corrected chi connectivity index (χ1v) is 6.20. The average molecular weight is 317 g/mol. The molecule has 3 rings (SSSR count). The van der Waals surface area contributed by atoms with Gasteiger partial charge in [0.1, 0.15) is 5.75 Å². The first-order valence-electron chi connectivity index (χ1n) is 6.20. The first-order chi connectivity index (χ1) is 8.84. The summed E-state index contributed by atoms with van der Waals surface area (Å²) in [6.07, 6.45) is 1.54. The molecule has 1 aliphatic rings. The van der Waals surface area contributed by atoms with Crippen molar-refractivity contribution >= 4 is 35.7 Å². The monoisotopic (exact) mass is 316 g/mol. The zero-order valence-electron chi connectivity index (χ0n) is 11.0. The van der Waals surface area contributed by atoms with Crippen molar-refractivity contribution in [2.24, 2.45) is 0 Å². The van der Waals surface area contributed by atoms with Gasteiger partial charge in [-0.3, -0.25) is 9.88 Å². The lowest BCUT2D eigenvalue weighted by Gasteiger charge is -2.27. The number of rotatable bonds is 2. The topological polar surface area (TPSA) is 45.6 Å². The lowest BCUT2D eigenvalue weighted by molar-refractivity contribution is 0.0340. The number of hydrogen-bond acceptors (Lipinski definition) is 4. The molecule has 0 saturated carbocycles. The van der Waals surface area contributed by atoms with Crippen LogP contribution in [0.4, 0.5) is 0 Å². The molecule has 4 nitrogen and oxygen atoms in total. The normalized spacial score (nSPS) is 15.4. The second kappa shape index (κ2) is 7.64. The number of aromatic nitrogens is 1. The number of halogens is 2. The summed E-state index contributed by atoms with van der Waals surface area (Å²) < 4.78 is 5.34. The van der Waals surface area contributed by atoms with Crippen molar-refractivity contribution in [1.82, 2.24) is 9.88 Å². The van der Waals surface area contributed by atoms with Crippen LogP contribution in [0.25, 0.3) is 10.9 Å². The molecule has 0 amide bonds. The van der Waals surface area contributed by atoms with Crippen molar-refractivity contribution in [2.45, 2.75) is 6.54 Å². The predicted molar refractivity (Wildman–Crippen MR) is 84.0 cm³/mol. The summed E-state index contributed by atoms with van der Waals surface area (Å²) in [5, 5.41) is 11.1. The minimum atomic E-state index is 0. The van der Waals surface area contributed by atoms with Crippen molar-refractivity contribution in [1.29, 1.82) is 0 Å². The van der Waals surface area contributed by atoms with E-state index in [0.717, 1.165) is 49.3 Å². The zero-order chi connectivity index (χ0) is 12.4. The minimum absolute atomic E-state index is 0. The van der Waals surface area contributed by atoms with Gasteiger partial charge < -0.3 is 9.84 Å². The Morgan fingerprint density at radius 1 is 1.15 bits per heavy atom. The highest BCUT2D eigenvalue weighted by molar-refractivity contribution is 5.85. The standard InChI is InChI=1S/C14H16N2O2.2ClH/c17-14-9-15-13-4-2-1-3-11(13)12(14)10-16-5-7-18-8-6-16;;/h1-4,9,17H,5-8,10H2;2*1H. The van der Waals surface area contributed by atoms with Gasteiger partial charge in [0.05, 0.1) is 24.9 Å². The summed E-state index contributed by atoms with van der Waals surface area (Å²) in [5.74, 6) is 0.278. The van der Waals surface area contributed by atoms with Gasteiger partial charge in [0.25, 0.3) is 0 Å². The molecule has 1 aromatic heterocycles. The highest BCUT2D eigenvalue weighted by Gasteiger charge is 2.15. The number of aromatic hydroxyl groups is 1. The number of benzene rings is 1. The maximum Gasteiger partial charge on any atom is 0.139 e.